The van der Waals surface area contributed by atoms with Gasteiger partial charge in [-0.1, -0.05) is 27.7 Å². The quantitative estimate of drug-likeness (QED) is 0.895. The van der Waals surface area contributed by atoms with Crippen molar-refractivity contribution < 1.29 is 4.39 Å². The Morgan fingerprint density at radius 1 is 1.19 bits per heavy atom. The summed E-state index contributed by atoms with van der Waals surface area (Å²) >= 11 is 0. The van der Waals surface area contributed by atoms with E-state index in [4.69, 9.17) is 0 Å². The lowest BCUT2D eigenvalue weighted by Gasteiger charge is -2.39. The summed E-state index contributed by atoms with van der Waals surface area (Å²) in [6.45, 7) is 12.7. The molecule has 0 spiro atoms. The molecule has 1 fully saturated rings. The number of anilines is 1. The lowest BCUT2D eigenvalue weighted by molar-refractivity contribution is 0.199. The van der Waals surface area contributed by atoms with E-state index in [0.717, 1.165) is 43.3 Å². The maximum absolute atomic E-state index is 13.8. The predicted molar refractivity (Wildman–Crippen MR) is 88.2 cm³/mol. The SMILES string of the molecule is CCNCc1cc(F)cc(N2CCC(C(C)(C)C)CC2)c1. The van der Waals surface area contributed by atoms with Gasteiger partial charge in [-0.2, -0.15) is 0 Å². The largest absolute Gasteiger partial charge is 0.371 e. The molecule has 21 heavy (non-hydrogen) atoms. The van der Waals surface area contributed by atoms with Crippen molar-refractivity contribution in [2.45, 2.75) is 47.1 Å². The van der Waals surface area contributed by atoms with Gasteiger partial charge in [0.25, 0.3) is 0 Å². The molecule has 2 nitrogen and oxygen atoms in total. The number of rotatable bonds is 4. The molecule has 1 heterocycles. The van der Waals surface area contributed by atoms with Gasteiger partial charge in [-0.15, -0.1) is 0 Å². The number of nitrogens with zero attached hydrogens (tertiary/aromatic N) is 1. The zero-order valence-corrected chi connectivity index (χ0v) is 13.9. The molecule has 0 aliphatic carbocycles. The van der Waals surface area contributed by atoms with Crippen LogP contribution >= 0.6 is 0 Å². The number of hydrogen-bond donors (Lipinski definition) is 1. The van der Waals surface area contributed by atoms with E-state index in [-0.39, 0.29) is 5.82 Å². The third kappa shape index (κ3) is 4.44. The van der Waals surface area contributed by atoms with Gasteiger partial charge in [-0.05, 0) is 54.5 Å². The second kappa shape index (κ2) is 6.78. The summed E-state index contributed by atoms with van der Waals surface area (Å²) in [6.07, 6.45) is 2.39. The molecule has 2 rings (SSSR count). The van der Waals surface area contributed by atoms with Gasteiger partial charge < -0.3 is 10.2 Å². The highest BCUT2D eigenvalue weighted by Gasteiger charge is 2.28. The molecule has 118 valence electrons. The Balaban J connectivity index is 2.04. The fraction of sp³-hybridized carbons (Fsp3) is 0.667. The van der Waals surface area contributed by atoms with E-state index in [1.807, 2.05) is 0 Å². The van der Waals surface area contributed by atoms with Gasteiger partial charge in [0.2, 0.25) is 0 Å². The lowest BCUT2D eigenvalue weighted by Crippen LogP contribution is -2.38. The first-order valence-electron chi connectivity index (χ1n) is 8.15. The summed E-state index contributed by atoms with van der Waals surface area (Å²) in [5.41, 5.74) is 2.45. The molecule has 1 N–H and O–H groups in total. The highest BCUT2D eigenvalue weighted by atomic mass is 19.1. The summed E-state index contributed by atoms with van der Waals surface area (Å²) < 4.78 is 13.8. The molecule has 0 amide bonds. The van der Waals surface area contributed by atoms with E-state index in [1.54, 1.807) is 12.1 Å². The minimum absolute atomic E-state index is 0.127. The van der Waals surface area contributed by atoms with Crippen LogP contribution in [0.2, 0.25) is 0 Å². The Bertz CT molecular complexity index is 457. The first-order chi connectivity index (χ1) is 9.90. The molecule has 1 aromatic carbocycles. The van der Waals surface area contributed by atoms with E-state index >= 15 is 0 Å². The number of halogens is 1. The third-order valence-electron chi connectivity index (χ3n) is 4.61. The van der Waals surface area contributed by atoms with Gasteiger partial charge >= 0.3 is 0 Å². The van der Waals surface area contributed by atoms with Crippen LogP contribution in [0.1, 0.15) is 46.1 Å². The maximum Gasteiger partial charge on any atom is 0.125 e. The summed E-state index contributed by atoms with van der Waals surface area (Å²) in [7, 11) is 0. The van der Waals surface area contributed by atoms with Crippen molar-refractivity contribution in [1.82, 2.24) is 5.32 Å². The fourth-order valence-corrected chi connectivity index (χ4v) is 3.19. The minimum Gasteiger partial charge on any atom is -0.371 e. The molecule has 0 saturated carbocycles. The van der Waals surface area contributed by atoms with Crippen LogP contribution in [-0.2, 0) is 6.54 Å². The third-order valence-corrected chi connectivity index (χ3v) is 4.61. The zero-order chi connectivity index (χ0) is 15.5. The minimum atomic E-state index is -0.127. The van der Waals surface area contributed by atoms with Crippen molar-refractivity contribution >= 4 is 5.69 Å². The zero-order valence-electron chi connectivity index (χ0n) is 13.9. The van der Waals surface area contributed by atoms with Crippen molar-refractivity contribution in [2.24, 2.45) is 11.3 Å². The maximum atomic E-state index is 13.8. The molecule has 3 heteroatoms. The lowest BCUT2D eigenvalue weighted by atomic mass is 9.75. The smallest absolute Gasteiger partial charge is 0.125 e. The topological polar surface area (TPSA) is 15.3 Å². The number of benzene rings is 1. The van der Waals surface area contributed by atoms with E-state index in [1.165, 1.54) is 12.8 Å². The van der Waals surface area contributed by atoms with Crippen molar-refractivity contribution in [1.29, 1.82) is 0 Å². The first-order valence-corrected chi connectivity index (χ1v) is 8.15. The standard InChI is InChI=1S/C18H29FN2/c1-5-20-13-14-10-16(19)12-17(11-14)21-8-6-15(7-9-21)18(2,3)4/h10-12,15,20H,5-9,13H2,1-4H3. The molecule has 0 bridgehead atoms. The van der Waals surface area contributed by atoms with Crippen molar-refractivity contribution in [3.05, 3.63) is 29.6 Å². The average molecular weight is 292 g/mol. The van der Waals surface area contributed by atoms with E-state index in [0.29, 0.717) is 5.41 Å². The Morgan fingerprint density at radius 2 is 1.86 bits per heavy atom. The predicted octanol–water partition coefficient (Wildman–Crippen LogP) is 4.20. The first kappa shape index (κ1) is 16.3. The monoisotopic (exact) mass is 292 g/mol. The Kier molecular flexibility index (Phi) is 5.26. The Hall–Kier alpha value is -1.09. The van der Waals surface area contributed by atoms with Crippen molar-refractivity contribution in [3.8, 4) is 0 Å². The molecule has 1 saturated heterocycles. The molecular weight excluding hydrogens is 263 g/mol. The van der Waals surface area contributed by atoms with Crippen molar-refractivity contribution in [3.63, 3.8) is 0 Å². The van der Waals surface area contributed by atoms with Crippen molar-refractivity contribution in [2.75, 3.05) is 24.5 Å². The van der Waals surface area contributed by atoms with Gasteiger partial charge in [0.05, 0.1) is 0 Å². The fourth-order valence-electron chi connectivity index (χ4n) is 3.19. The van der Waals surface area contributed by atoms with Gasteiger partial charge in [-0.3, -0.25) is 0 Å². The molecule has 0 aromatic heterocycles. The Labute approximate surface area is 128 Å². The number of piperidine rings is 1. The number of hydrogen-bond acceptors (Lipinski definition) is 2. The van der Waals surface area contributed by atoms with Crippen LogP contribution in [0.4, 0.5) is 10.1 Å². The van der Waals surface area contributed by atoms with Crippen LogP contribution in [-0.4, -0.2) is 19.6 Å². The van der Waals surface area contributed by atoms with Crippen LogP contribution in [0.5, 0.6) is 0 Å². The van der Waals surface area contributed by atoms with E-state index < -0.39 is 0 Å². The van der Waals surface area contributed by atoms with Gasteiger partial charge in [-0.25, -0.2) is 4.39 Å². The average Bonchev–Trinajstić information content (AvgIpc) is 2.44. The molecule has 0 atom stereocenters. The van der Waals surface area contributed by atoms with Gasteiger partial charge in [0.15, 0.2) is 0 Å². The summed E-state index contributed by atoms with van der Waals surface area (Å²) in [4.78, 5) is 2.33. The molecule has 1 aromatic rings. The van der Waals surface area contributed by atoms with Crippen LogP contribution in [0, 0.1) is 17.2 Å². The molecule has 0 unspecified atom stereocenters. The van der Waals surface area contributed by atoms with Crippen LogP contribution in [0.3, 0.4) is 0 Å². The van der Waals surface area contributed by atoms with Gasteiger partial charge in [0.1, 0.15) is 5.82 Å². The highest BCUT2D eigenvalue weighted by Crippen LogP contribution is 2.35. The number of nitrogens with one attached hydrogen (secondary N) is 1. The summed E-state index contributed by atoms with van der Waals surface area (Å²) in [5, 5.41) is 3.26. The van der Waals surface area contributed by atoms with E-state index in [9.17, 15) is 4.39 Å². The molecule has 0 radical (unpaired) electrons. The summed E-state index contributed by atoms with van der Waals surface area (Å²) in [5.74, 6) is 0.641. The Morgan fingerprint density at radius 3 is 2.43 bits per heavy atom. The van der Waals surface area contributed by atoms with Crippen LogP contribution in [0.15, 0.2) is 18.2 Å². The normalized spacial score (nSPS) is 17.3. The molecule has 1 aliphatic heterocycles. The molecular formula is C18H29FN2. The van der Waals surface area contributed by atoms with E-state index in [2.05, 4.69) is 44.0 Å². The molecule has 1 aliphatic rings. The second-order valence-electron chi connectivity index (χ2n) is 7.23. The van der Waals surface area contributed by atoms with Crippen LogP contribution in [0.25, 0.3) is 0 Å². The second-order valence-corrected chi connectivity index (χ2v) is 7.23. The highest BCUT2D eigenvalue weighted by molar-refractivity contribution is 5.49. The van der Waals surface area contributed by atoms with Gasteiger partial charge in [0, 0.05) is 25.3 Å². The summed E-state index contributed by atoms with van der Waals surface area (Å²) in [6, 6.07) is 5.43. The van der Waals surface area contributed by atoms with Crippen LogP contribution < -0.4 is 10.2 Å².